The minimum Gasteiger partial charge on any atom is -0.303 e. The molecule has 23 heavy (non-hydrogen) atoms. The normalized spacial score (nSPS) is 12.0. The lowest BCUT2D eigenvalue weighted by molar-refractivity contribution is 0.275. The Kier molecular flexibility index (Phi) is 18.0. The molecule has 0 saturated heterocycles. The van der Waals surface area contributed by atoms with Crippen LogP contribution in [0.1, 0.15) is 84.5 Å². The molecule has 0 heterocycles. The lowest BCUT2D eigenvalue weighted by atomic mass is 10.1. The van der Waals surface area contributed by atoms with Crippen molar-refractivity contribution in [1.29, 1.82) is 0 Å². The number of hydrogen-bond acceptors (Lipinski definition) is 1. The van der Waals surface area contributed by atoms with Gasteiger partial charge in [0, 0.05) is 20.6 Å². The Morgan fingerprint density at radius 1 is 0.652 bits per heavy atom. The van der Waals surface area contributed by atoms with Crippen LogP contribution in [0.15, 0.2) is 0 Å². The van der Waals surface area contributed by atoms with E-state index in [1.54, 1.807) is 0 Å². The minimum absolute atomic E-state index is 0.517. The van der Waals surface area contributed by atoms with E-state index in [9.17, 15) is 0 Å². The van der Waals surface area contributed by atoms with Crippen LogP contribution in [0.4, 0.5) is 0 Å². The first-order valence-corrected chi connectivity index (χ1v) is 13.8. The van der Waals surface area contributed by atoms with E-state index in [1.807, 2.05) is 0 Å². The maximum absolute atomic E-state index is 8.88. The highest BCUT2D eigenvalue weighted by Gasteiger charge is 2.22. The zero-order chi connectivity index (χ0) is 18.2. The monoisotopic (exact) mass is 371 g/mol. The Morgan fingerprint density at radius 3 is 1.35 bits per heavy atom. The van der Waals surface area contributed by atoms with E-state index < -0.39 is 15.1 Å². The fourth-order valence-electron chi connectivity index (χ4n) is 2.74. The van der Waals surface area contributed by atoms with Crippen LogP contribution in [0, 0.1) is 0 Å². The molecular formula is C17H41O4P2+. The zero-order valence-electron chi connectivity index (χ0n) is 15.8. The molecule has 3 N–H and O–H groups in total. The molecule has 0 aliphatic heterocycles. The Balaban J connectivity index is 0. The highest BCUT2D eigenvalue weighted by atomic mass is 31.2. The molecule has 0 radical (unpaired) electrons. The van der Waals surface area contributed by atoms with Crippen molar-refractivity contribution in [2.24, 2.45) is 0 Å². The van der Waals surface area contributed by atoms with Crippen LogP contribution in [-0.4, -0.2) is 40.3 Å². The van der Waals surface area contributed by atoms with Crippen molar-refractivity contribution in [2.75, 3.05) is 25.7 Å². The topological polar surface area (TPSA) is 77.8 Å². The SMILES string of the molecule is CCCCCCCCCCCC[P+](C)(C)CCC.O=P(O)(O)O. The van der Waals surface area contributed by atoms with Gasteiger partial charge in [0.15, 0.2) is 0 Å². The second-order valence-electron chi connectivity index (χ2n) is 7.08. The van der Waals surface area contributed by atoms with Gasteiger partial charge in [-0.1, -0.05) is 65.2 Å². The highest BCUT2D eigenvalue weighted by Crippen LogP contribution is 2.52. The summed E-state index contributed by atoms with van der Waals surface area (Å²) in [6.07, 6.45) is 19.1. The summed E-state index contributed by atoms with van der Waals surface area (Å²) in [5.41, 5.74) is 0. The van der Waals surface area contributed by atoms with Crippen molar-refractivity contribution in [3.05, 3.63) is 0 Å². The first kappa shape index (κ1) is 25.8. The lowest BCUT2D eigenvalue weighted by Gasteiger charge is -2.16. The zero-order valence-corrected chi connectivity index (χ0v) is 17.6. The van der Waals surface area contributed by atoms with Crippen LogP contribution in [-0.2, 0) is 4.57 Å². The standard InChI is InChI=1S/C17H38P.H3O4P/c1-5-7-8-9-10-11-12-13-14-15-17-18(3,4)16-6-2;1-5(2,3)4/h5-17H2,1-4H3;(H3,1,2,3,4)/q+1;. The van der Waals surface area contributed by atoms with Gasteiger partial charge in [-0.05, 0) is 19.3 Å². The fourth-order valence-corrected chi connectivity index (χ4v) is 5.26. The van der Waals surface area contributed by atoms with Crippen LogP contribution in [0.5, 0.6) is 0 Å². The smallest absolute Gasteiger partial charge is 0.303 e. The molecule has 0 aliphatic carbocycles. The molecule has 0 amide bonds. The third-order valence-corrected chi connectivity index (χ3v) is 7.13. The summed E-state index contributed by atoms with van der Waals surface area (Å²) in [6, 6.07) is 0. The molecule has 0 spiro atoms. The molecule has 0 fully saturated rings. The third-order valence-electron chi connectivity index (χ3n) is 3.95. The van der Waals surface area contributed by atoms with Crippen LogP contribution in [0.3, 0.4) is 0 Å². The van der Waals surface area contributed by atoms with Crippen molar-refractivity contribution in [3.8, 4) is 0 Å². The third kappa shape index (κ3) is 30.9. The Hall–Kier alpha value is 0.540. The summed E-state index contributed by atoms with van der Waals surface area (Å²) in [7, 11) is -5.16. The molecular weight excluding hydrogens is 330 g/mol. The van der Waals surface area contributed by atoms with Gasteiger partial charge in [-0.15, -0.1) is 0 Å². The molecule has 0 aromatic rings. The molecule has 142 valence electrons. The molecule has 0 bridgehead atoms. The molecule has 0 unspecified atom stereocenters. The number of unbranched alkanes of at least 4 members (excludes halogenated alkanes) is 9. The van der Waals surface area contributed by atoms with E-state index in [-0.39, 0.29) is 0 Å². The molecule has 0 aromatic heterocycles. The van der Waals surface area contributed by atoms with Crippen molar-refractivity contribution in [2.45, 2.75) is 84.5 Å². The van der Waals surface area contributed by atoms with Gasteiger partial charge in [-0.3, -0.25) is 0 Å². The van der Waals surface area contributed by atoms with Crippen LogP contribution >= 0.6 is 15.1 Å². The molecule has 6 heteroatoms. The van der Waals surface area contributed by atoms with E-state index >= 15 is 0 Å². The van der Waals surface area contributed by atoms with Crippen molar-refractivity contribution >= 4 is 15.1 Å². The molecule has 0 aliphatic rings. The number of rotatable bonds is 13. The summed E-state index contributed by atoms with van der Waals surface area (Å²) < 4.78 is 8.88. The van der Waals surface area contributed by atoms with Gasteiger partial charge < -0.3 is 14.7 Å². The average Bonchev–Trinajstić information content (AvgIpc) is 2.39. The van der Waals surface area contributed by atoms with E-state index in [1.165, 1.54) is 83.0 Å². The van der Waals surface area contributed by atoms with Crippen LogP contribution < -0.4 is 0 Å². The lowest BCUT2D eigenvalue weighted by Crippen LogP contribution is -1.99. The van der Waals surface area contributed by atoms with E-state index in [0.29, 0.717) is 0 Å². The summed E-state index contributed by atoms with van der Waals surface area (Å²) >= 11 is 0. The van der Waals surface area contributed by atoms with E-state index in [0.717, 1.165) is 0 Å². The van der Waals surface area contributed by atoms with Gasteiger partial charge >= 0.3 is 7.82 Å². The quantitative estimate of drug-likeness (QED) is 0.288. The Bertz CT molecular complexity index is 282. The highest BCUT2D eigenvalue weighted by molar-refractivity contribution is 7.74. The first-order valence-electron chi connectivity index (χ1n) is 9.22. The predicted octanol–water partition coefficient (Wildman–Crippen LogP) is 5.67. The minimum atomic E-state index is -4.64. The van der Waals surface area contributed by atoms with E-state index in [2.05, 4.69) is 27.2 Å². The largest absolute Gasteiger partial charge is 0.466 e. The van der Waals surface area contributed by atoms with Gasteiger partial charge in [0.1, 0.15) is 0 Å². The van der Waals surface area contributed by atoms with Gasteiger partial charge in [-0.2, -0.15) is 0 Å². The molecule has 0 saturated carbocycles. The van der Waals surface area contributed by atoms with Crippen LogP contribution in [0.2, 0.25) is 0 Å². The predicted molar refractivity (Wildman–Crippen MR) is 105 cm³/mol. The fraction of sp³-hybridized carbons (Fsp3) is 1.00. The summed E-state index contributed by atoms with van der Waals surface area (Å²) in [4.78, 5) is 21.6. The number of hydrogen-bond donors (Lipinski definition) is 3. The van der Waals surface area contributed by atoms with Crippen molar-refractivity contribution in [3.63, 3.8) is 0 Å². The van der Waals surface area contributed by atoms with Crippen molar-refractivity contribution in [1.82, 2.24) is 0 Å². The second-order valence-corrected chi connectivity index (χ2v) is 12.9. The van der Waals surface area contributed by atoms with Gasteiger partial charge in [0.2, 0.25) is 0 Å². The van der Waals surface area contributed by atoms with Gasteiger partial charge in [0.05, 0.1) is 12.3 Å². The maximum atomic E-state index is 8.88. The average molecular weight is 371 g/mol. The van der Waals surface area contributed by atoms with Crippen molar-refractivity contribution < 1.29 is 19.2 Å². The maximum Gasteiger partial charge on any atom is 0.466 e. The number of phosphoric acid groups is 1. The van der Waals surface area contributed by atoms with Gasteiger partial charge in [-0.25, -0.2) is 4.57 Å². The Morgan fingerprint density at radius 2 is 1.00 bits per heavy atom. The van der Waals surface area contributed by atoms with E-state index in [4.69, 9.17) is 19.2 Å². The van der Waals surface area contributed by atoms with Crippen LogP contribution in [0.25, 0.3) is 0 Å². The molecule has 0 rings (SSSR count). The summed E-state index contributed by atoms with van der Waals surface area (Å²) in [5, 5.41) is 0. The van der Waals surface area contributed by atoms with Gasteiger partial charge in [0.25, 0.3) is 0 Å². The molecule has 4 nitrogen and oxygen atoms in total. The molecule has 0 atom stereocenters. The Labute approximate surface area is 145 Å². The molecule has 0 aromatic carbocycles. The first-order chi connectivity index (χ1) is 10.6. The second kappa shape index (κ2) is 16.0. The summed E-state index contributed by atoms with van der Waals surface area (Å²) in [5.74, 6) is 0. The summed E-state index contributed by atoms with van der Waals surface area (Å²) in [6.45, 7) is 9.72.